The fourth-order valence-electron chi connectivity index (χ4n) is 3.07. The van der Waals surface area contributed by atoms with Gasteiger partial charge in [-0.2, -0.15) is 0 Å². The fraction of sp³-hybridized carbons (Fsp3) is 0.174. The summed E-state index contributed by atoms with van der Waals surface area (Å²) in [6.07, 6.45) is 8.85. The van der Waals surface area contributed by atoms with Crippen molar-refractivity contribution in [2.75, 3.05) is 0 Å². The summed E-state index contributed by atoms with van der Waals surface area (Å²) in [4.78, 5) is 14.3. The molecule has 1 aliphatic rings. The summed E-state index contributed by atoms with van der Waals surface area (Å²) in [7, 11) is 0. The average Bonchev–Trinajstić information content (AvgIpc) is 2.75. The molecule has 0 saturated heterocycles. The molecule has 0 spiro atoms. The van der Waals surface area contributed by atoms with E-state index in [4.69, 9.17) is 15.0 Å². The van der Waals surface area contributed by atoms with Crippen LogP contribution in [-0.2, 0) is 0 Å². The van der Waals surface area contributed by atoms with Crippen molar-refractivity contribution in [1.82, 2.24) is 15.0 Å². The third kappa shape index (κ3) is 3.47. The third-order valence-electron chi connectivity index (χ3n) is 4.67. The van der Waals surface area contributed by atoms with Crippen molar-refractivity contribution in [3.05, 3.63) is 84.7 Å². The van der Waals surface area contributed by atoms with Crippen molar-refractivity contribution in [3.63, 3.8) is 0 Å². The van der Waals surface area contributed by atoms with Crippen molar-refractivity contribution in [1.29, 1.82) is 0 Å². The van der Waals surface area contributed by atoms with Crippen LogP contribution in [0, 0.1) is 5.92 Å². The fourth-order valence-corrected chi connectivity index (χ4v) is 3.07. The van der Waals surface area contributed by atoms with Crippen LogP contribution in [0.1, 0.15) is 25.6 Å². The molecular weight excluding hydrogens is 318 g/mol. The lowest BCUT2D eigenvalue weighted by Crippen LogP contribution is -2.04. The summed E-state index contributed by atoms with van der Waals surface area (Å²) in [6.45, 7) is 2.22. The zero-order valence-corrected chi connectivity index (χ0v) is 14.8. The predicted octanol–water partition coefficient (Wildman–Crippen LogP) is 5.58. The molecule has 0 fully saturated rings. The molecule has 1 atom stereocenters. The lowest BCUT2D eigenvalue weighted by atomic mass is 9.94. The van der Waals surface area contributed by atoms with Crippen LogP contribution in [0.4, 0.5) is 0 Å². The number of nitrogens with zero attached hydrogens (tertiary/aromatic N) is 3. The number of aromatic nitrogens is 3. The number of rotatable bonds is 4. The van der Waals surface area contributed by atoms with Gasteiger partial charge >= 0.3 is 0 Å². The zero-order valence-electron chi connectivity index (χ0n) is 14.8. The van der Waals surface area contributed by atoms with Gasteiger partial charge < -0.3 is 0 Å². The Morgan fingerprint density at radius 2 is 1.31 bits per heavy atom. The molecule has 0 saturated carbocycles. The highest BCUT2D eigenvalue weighted by Crippen LogP contribution is 2.27. The summed E-state index contributed by atoms with van der Waals surface area (Å²) in [5.41, 5.74) is 3.08. The molecule has 1 unspecified atom stereocenters. The highest BCUT2D eigenvalue weighted by atomic mass is 15.0. The Balaban J connectivity index is 1.81. The van der Waals surface area contributed by atoms with E-state index < -0.39 is 0 Å². The van der Waals surface area contributed by atoms with Crippen LogP contribution in [0.25, 0.3) is 28.3 Å². The SMILES string of the molecule is CCC1C=CC(c2nc(-c3ccccc3)nc(-c3ccccc3)n2)=CC1. The Kier molecular flexibility index (Phi) is 4.69. The molecule has 0 bridgehead atoms. The summed E-state index contributed by atoms with van der Waals surface area (Å²) in [5.74, 6) is 2.77. The van der Waals surface area contributed by atoms with Crippen LogP contribution in [-0.4, -0.2) is 15.0 Å². The van der Waals surface area contributed by atoms with Gasteiger partial charge in [0.1, 0.15) is 0 Å². The number of benzene rings is 2. The molecule has 128 valence electrons. The van der Waals surface area contributed by atoms with Gasteiger partial charge in [0.05, 0.1) is 0 Å². The second-order valence-corrected chi connectivity index (χ2v) is 6.46. The maximum Gasteiger partial charge on any atom is 0.164 e. The zero-order chi connectivity index (χ0) is 17.8. The molecule has 0 aliphatic heterocycles. The Morgan fingerprint density at radius 1 is 0.769 bits per heavy atom. The average molecular weight is 339 g/mol. The summed E-state index contributed by atoms with van der Waals surface area (Å²) in [5, 5.41) is 0. The largest absolute Gasteiger partial charge is 0.208 e. The van der Waals surface area contributed by atoms with Crippen molar-refractivity contribution in [2.24, 2.45) is 5.92 Å². The lowest BCUT2D eigenvalue weighted by molar-refractivity contribution is 0.634. The molecule has 3 aromatic rings. The van der Waals surface area contributed by atoms with Crippen LogP contribution in [0.5, 0.6) is 0 Å². The standard InChI is InChI=1S/C23H21N3/c1-2-17-13-15-20(16-14-17)23-25-21(18-9-5-3-6-10-18)24-22(26-23)19-11-7-4-8-12-19/h3-13,15-17H,2,14H2,1H3. The molecule has 0 amide bonds. The molecule has 1 heterocycles. The molecule has 4 rings (SSSR count). The Morgan fingerprint density at radius 3 is 1.77 bits per heavy atom. The molecular formula is C23H21N3. The van der Waals surface area contributed by atoms with Gasteiger partial charge in [0.25, 0.3) is 0 Å². The Hall–Kier alpha value is -3.07. The molecule has 1 aromatic heterocycles. The van der Waals surface area contributed by atoms with Crippen molar-refractivity contribution in [2.45, 2.75) is 19.8 Å². The van der Waals surface area contributed by atoms with Gasteiger partial charge in [-0.25, -0.2) is 15.0 Å². The van der Waals surface area contributed by atoms with E-state index in [0.717, 1.165) is 35.4 Å². The second-order valence-electron chi connectivity index (χ2n) is 6.46. The van der Waals surface area contributed by atoms with Gasteiger partial charge in [-0.1, -0.05) is 85.8 Å². The van der Waals surface area contributed by atoms with Crippen molar-refractivity contribution < 1.29 is 0 Å². The second kappa shape index (κ2) is 7.44. The summed E-state index contributed by atoms with van der Waals surface area (Å²) < 4.78 is 0. The maximum atomic E-state index is 4.76. The van der Waals surface area contributed by atoms with E-state index in [-0.39, 0.29) is 0 Å². The van der Waals surface area contributed by atoms with Crippen molar-refractivity contribution in [3.8, 4) is 22.8 Å². The van der Waals surface area contributed by atoms with E-state index in [9.17, 15) is 0 Å². The quantitative estimate of drug-likeness (QED) is 0.623. The van der Waals surface area contributed by atoms with Crippen LogP contribution in [0.3, 0.4) is 0 Å². The third-order valence-corrected chi connectivity index (χ3v) is 4.67. The first-order chi connectivity index (χ1) is 12.8. The first-order valence-electron chi connectivity index (χ1n) is 9.09. The monoisotopic (exact) mass is 339 g/mol. The van der Waals surface area contributed by atoms with Gasteiger partial charge in [-0.15, -0.1) is 0 Å². The van der Waals surface area contributed by atoms with Gasteiger partial charge in [-0.05, 0) is 18.8 Å². The molecule has 3 heteroatoms. The van der Waals surface area contributed by atoms with E-state index in [1.54, 1.807) is 0 Å². The number of hydrogen-bond acceptors (Lipinski definition) is 3. The first-order valence-corrected chi connectivity index (χ1v) is 9.09. The highest BCUT2D eigenvalue weighted by Gasteiger charge is 2.14. The highest BCUT2D eigenvalue weighted by molar-refractivity contribution is 5.73. The minimum Gasteiger partial charge on any atom is -0.208 e. The van der Waals surface area contributed by atoms with E-state index in [1.165, 1.54) is 0 Å². The summed E-state index contributed by atoms with van der Waals surface area (Å²) in [6, 6.07) is 20.2. The predicted molar refractivity (Wildman–Crippen MR) is 106 cm³/mol. The molecule has 3 nitrogen and oxygen atoms in total. The van der Waals surface area contributed by atoms with Gasteiger partial charge in [0, 0.05) is 16.7 Å². The molecule has 2 aromatic carbocycles. The van der Waals surface area contributed by atoms with Crippen LogP contribution < -0.4 is 0 Å². The Bertz CT molecular complexity index is 886. The number of hydrogen-bond donors (Lipinski definition) is 0. The van der Waals surface area contributed by atoms with Gasteiger partial charge in [0.2, 0.25) is 0 Å². The molecule has 1 aliphatic carbocycles. The minimum atomic E-state index is 0.614. The smallest absolute Gasteiger partial charge is 0.164 e. The maximum absolute atomic E-state index is 4.76. The van der Waals surface area contributed by atoms with E-state index >= 15 is 0 Å². The van der Waals surface area contributed by atoms with Crippen LogP contribution in [0.2, 0.25) is 0 Å². The van der Waals surface area contributed by atoms with Crippen LogP contribution >= 0.6 is 0 Å². The van der Waals surface area contributed by atoms with Gasteiger partial charge in [-0.3, -0.25) is 0 Å². The van der Waals surface area contributed by atoms with E-state index in [1.807, 2.05) is 60.7 Å². The number of allylic oxidation sites excluding steroid dienone is 4. The topological polar surface area (TPSA) is 38.7 Å². The van der Waals surface area contributed by atoms with E-state index in [2.05, 4.69) is 25.2 Å². The van der Waals surface area contributed by atoms with Crippen LogP contribution in [0.15, 0.2) is 78.9 Å². The normalized spacial score (nSPS) is 16.3. The molecule has 26 heavy (non-hydrogen) atoms. The van der Waals surface area contributed by atoms with Crippen molar-refractivity contribution >= 4 is 5.57 Å². The molecule has 0 N–H and O–H groups in total. The molecule has 0 radical (unpaired) electrons. The lowest BCUT2D eigenvalue weighted by Gasteiger charge is -2.14. The Labute approximate surface area is 154 Å². The first kappa shape index (κ1) is 16.4. The van der Waals surface area contributed by atoms with E-state index in [0.29, 0.717) is 17.6 Å². The summed E-state index contributed by atoms with van der Waals surface area (Å²) >= 11 is 0. The minimum absolute atomic E-state index is 0.614. The van der Waals surface area contributed by atoms with Gasteiger partial charge in [0.15, 0.2) is 17.5 Å².